The standard InChI is InChI=1S/C20H22N4O2S/c1-3-4-7-12-27-20-22-19(25)17-14-8-5-6-9-15(14)21-18(24(17)23-20)16-11-10-13(2)26-16/h5-6,8-11,18H,3-4,7,12H2,1-2H3,(H,22,23,25)/t18-/m0/s1. The van der Waals surface area contributed by atoms with Gasteiger partial charge in [0.2, 0.25) is 6.17 Å². The molecule has 1 aromatic heterocycles. The molecule has 4 rings (SSSR count). The summed E-state index contributed by atoms with van der Waals surface area (Å²) in [6.45, 7) is 4.07. The molecule has 0 unspecified atom stereocenters. The first-order valence-electron chi connectivity index (χ1n) is 9.23. The summed E-state index contributed by atoms with van der Waals surface area (Å²) in [6.07, 6.45) is 2.95. The van der Waals surface area contributed by atoms with E-state index in [0.717, 1.165) is 28.5 Å². The molecule has 1 amide bonds. The van der Waals surface area contributed by atoms with Crippen LogP contribution in [0, 0.1) is 6.92 Å². The van der Waals surface area contributed by atoms with Crippen LogP contribution in [0.3, 0.4) is 0 Å². The first kappa shape index (κ1) is 17.9. The third-order valence-corrected chi connectivity index (χ3v) is 5.47. The van der Waals surface area contributed by atoms with Gasteiger partial charge in [-0.15, -0.1) is 5.10 Å². The molecule has 0 saturated carbocycles. The van der Waals surface area contributed by atoms with E-state index in [1.54, 1.807) is 16.8 Å². The van der Waals surface area contributed by atoms with Crippen LogP contribution in [0.2, 0.25) is 0 Å². The zero-order chi connectivity index (χ0) is 18.8. The lowest BCUT2D eigenvalue weighted by atomic mass is 10.1. The smallest absolute Gasteiger partial charge is 0.276 e. The number of unbranched alkanes of at least 4 members (excludes halogenated alkanes) is 2. The molecule has 27 heavy (non-hydrogen) atoms. The molecule has 0 saturated heterocycles. The molecule has 1 N–H and O–H groups in total. The van der Waals surface area contributed by atoms with Crippen LogP contribution in [0.15, 0.2) is 50.9 Å². The average molecular weight is 382 g/mol. The van der Waals surface area contributed by atoms with Crippen molar-refractivity contribution in [2.75, 3.05) is 5.75 Å². The molecule has 0 spiro atoms. The first-order valence-corrected chi connectivity index (χ1v) is 10.2. The van der Waals surface area contributed by atoms with Crippen molar-refractivity contribution >= 4 is 28.5 Å². The highest BCUT2D eigenvalue weighted by molar-refractivity contribution is 8.13. The highest BCUT2D eigenvalue weighted by atomic mass is 32.2. The number of hydrazone groups is 1. The Bertz CT molecular complexity index is 1010. The topological polar surface area (TPSA) is 70.2 Å². The Morgan fingerprint density at radius 3 is 2.85 bits per heavy atom. The summed E-state index contributed by atoms with van der Waals surface area (Å²) < 4.78 is 5.81. The Balaban J connectivity index is 1.76. The number of thioether (sulfide) groups is 1. The van der Waals surface area contributed by atoms with E-state index in [0.29, 0.717) is 16.6 Å². The number of nitrogens with zero attached hydrogens (tertiary/aromatic N) is 3. The van der Waals surface area contributed by atoms with Crippen molar-refractivity contribution in [3.8, 4) is 0 Å². The number of para-hydroxylation sites is 1. The van der Waals surface area contributed by atoms with Crippen LogP contribution in [0.1, 0.15) is 43.9 Å². The second-order valence-electron chi connectivity index (χ2n) is 6.58. The quantitative estimate of drug-likeness (QED) is 0.807. The van der Waals surface area contributed by atoms with Gasteiger partial charge in [0, 0.05) is 11.0 Å². The number of nitrogens with one attached hydrogen (secondary N) is 1. The number of carbonyl (C=O) groups excluding carboxylic acids is 1. The lowest BCUT2D eigenvalue weighted by Crippen LogP contribution is -2.50. The van der Waals surface area contributed by atoms with Gasteiger partial charge in [-0.2, -0.15) is 0 Å². The normalized spacial score (nSPS) is 18.4. The number of hydrogen-bond donors (Lipinski definition) is 1. The molecular formula is C20H22N4O2S. The van der Waals surface area contributed by atoms with Crippen molar-refractivity contribution < 1.29 is 9.21 Å². The molecule has 3 heterocycles. The second kappa shape index (κ2) is 7.60. The molecular weight excluding hydrogens is 360 g/mol. The maximum Gasteiger partial charge on any atom is 0.276 e. The Kier molecular flexibility index (Phi) is 5.03. The molecule has 6 nitrogen and oxygen atoms in total. The Morgan fingerprint density at radius 1 is 1.22 bits per heavy atom. The highest BCUT2D eigenvalue weighted by Crippen LogP contribution is 2.31. The van der Waals surface area contributed by atoms with Crippen LogP contribution in [0.4, 0.5) is 0 Å². The molecule has 140 valence electrons. The minimum atomic E-state index is -0.485. The molecule has 7 heteroatoms. The fraction of sp³-hybridized carbons (Fsp3) is 0.350. The summed E-state index contributed by atoms with van der Waals surface area (Å²) in [4.78, 5) is 17.7. The molecule has 2 aliphatic rings. The van der Waals surface area contributed by atoms with E-state index in [4.69, 9.17) is 14.5 Å². The van der Waals surface area contributed by atoms with Gasteiger partial charge in [0.1, 0.15) is 11.5 Å². The number of fused-ring (bicyclic) bond motifs is 2. The monoisotopic (exact) mass is 382 g/mol. The Labute approximate surface area is 162 Å². The highest BCUT2D eigenvalue weighted by Gasteiger charge is 2.35. The summed E-state index contributed by atoms with van der Waals surface area (Å²) in [5.74, 6) is 2.25. The average Bonchev–Trinajstić information content (AvgIpc) is 3.10. The van der Waals surface area contributed by atoms with Crippen molar-refractivity contribution in [2.24, 2.45) is 10.1 Å². The fourth-order valence-corrected chi connectivity index (χ4v) is 4.04. The SMILES string of the molecule is CCCCCSC1=NN2C(=c3ccccc3=N[C@@H]2c2ccc(C)o2)C(=O)N1. The predicted octanol–water partition coefficient (Wildman–Crippen LogP) is 2.65. The van der Waals surface area contributed by atoms with Gasteiger partial charge < -0.3 is 4.42 Å². The summed E-state index contributed by atoms with van der Waals surface area (Å²) in [5, 5.41) is 11.5. The van der Waals surface area contributed by atoms with Gasteiger partial charge in [-0.05, 0) is 31.5 Å². The van der Waals surface area contributed by atoms with Crippen molar-refractivity contribution in [3.05, 3.63) is 58.5 Å². The van der Waals surface area contributed by atoms with Gasteiger partial charge in [0.05, 0.1) is 5.36 Å². The van der Waals surface area contributed by atoms with Gasteiger partial charge in [-0.1, -0.05) is 49.7 Å². The molecule has 0 aliphatic carbocycles. The summed E-state index contributed by atoms with van der Waals surface area (Å²) in [5.41, 5.74) is 0.512. The number of furan rings is 1. The number of benzene rings is 1. The zero-order valence-electron chi connectivity index (χ0n) is 15.4. The van der Waals surface area contributed by atoms with Gasteiger partial charge in [0.15, 0.2) is 10.9 Å². The minimum absolute atomic E-state index is 0.154. The number of carbonyl (C=O) groups is 1. The van der Waals surface area contributed by atoms with Crippen LogP contribution < -0.4 is 15.9 Å². The maximum atomic E-state index is 12.9. The summed E-state index contributed by atoms with van der Waals surface area (Å²) >= 11 is 1.57. The number of hydrogen-bond acceptors (Lipinski definition) is 6. The molecule has 0 fully saturated rings. The molecule has 1 aromatic carbocycles. The van der Waals surface area contributed by atoms with Crippen LogP contribution in [0.5, 0.6) is 0 Å². The summed E-state index contributed by atoms with van der Waals surface area (Å²) in [6, 6.07) is 11.4. The summed E-state index contributed by atoms with van der Waals surface area (Å²) in [7, 11) is 0. The van der Waals surface area contributed by atoms with Crippen LogP contribution in [0.25, 0.3) is 5.70 Å². The number of amides is 1. The Morgan fingerprint density at radius 2 is 2.07 bits per heavy atom. The van der Waals surface area contributed by atoms with Gasteiger partial charge in [-0.3, -0.25) is 10.1 Å². The van der Waals surface area contributed by atoms with E-state index < -0.39 is 6.17 Å². The third-order valence-electron chi connectivity index (χ3n) is 4.52. The Hall–Kier alpha value is -2.54. The minimum Gasteiger partial charge on any atom is -0.462 e. The van der Waals surface area contributed by atoms with Crippen LogP contribution in [-0.4, -0.2) is 21.8 Å². The predicted molar refractivity (Wildman–Crippen MR) is 106 cm³/mol. The van der Waals surface area contributed by atoms with Crippen LogP contribution in [-0.2, 0) is 4.79 Å². The largest absolute Gasteiger partial charge is 0.462 e. The molecule has 0 bridgehead atoms. The molecule has 2 aromatic rings. The van der Waals surface area contributed by atoms with Crippen molar-refractivity contribution in [2.45, 2.75) is 39.3 Å². The second-order valence-corrected chi connectivity index (χ2v) is 7.66. The van der Waals surface area contributed by atoms with Gasteiger partial charge >= 0.3 is 0 Å². The lowest BCUT2D eigenvalue weighted by Gasteiger charge is -2.32. The number of rotatable bonds is 5. The van der Waals surface area contributed by atoms with Crippen LogP contribution >= 0.6 is 11.8 Å². The van der Waals surface area contributed by atoms with E-state index in [1.807, 2.05) is 43.3 Å². The first-order chi connectivity index (χ1) is 13.2. The molecule has 2 aliphatic heterocycles. The van der Waals surface area contributed by atoms with Gasteiger partial charge in [0.25, 0.3) is 5.91 Å². The van der Waals surface area contributed by atoms with E-state index in [2.05, 4.69) is 12.2 Å². The van der Waals surface area contributed by atoms with E-state index >= 15 is 0 Å². The van der Waals surface area contributed by atoms with E-state index in [-0.39, 0.29) is 5.91 Å². The molecule has 0 radical (unpaired) electrons. The fourth-order valence-electron chi connectivity index (χ4n) is 3.19. The molecule has 1 atom stereocenters. The van der Waals surface area contributed by atoms with E-state index in [9.17, 15) is 4.79 Å². The maximum absolute atomic E-state index is 12.9. The van der Waals surface area contributed by atoms with E-state index in [1.165, 1.54) is 12.8 Å². The third kappa shape index (κ3) is 3.51. The number of aryl methyl sites for hydroxylation is 1. The zero-order valence-corrected chi connectivity index (χ0v) is 16.3. The van der Waals surface area contributed by atoms with Crippen molar-refractivity contribution in [1.82, 2.24) is 10.3 Å². The van der Waals surface area contributed by atoms with Crippen molar-refractivity contribution in [1.29, 1.82) is 0 Å². The lowest BCUT2D eigenvalue weighted by molar-refractivity contribution is -0.116. The van der Waals surface area contributed by atoms with Gasteiger partial charge in [-0.25, -0.2) is 10.0 Å². The number of amidine groups is 1. The van der Waals surface area contributed by atoms with Crippen molar-refractivity contribution in [3.63, 3.8) is 0 Å².